The van der Waals surface area contributed by atoms with Gasteiger partial charge in [0.1, 0.15) is 5.69 Å². The minimum atomic E-state index is -0.245. The summed E-state index contributed by atoms with van der Waals surface area (Å²) >= 11 is 0. The molecule has 1 amide bonds. The molecule has 6 nitrogen and oxygen atoms in total. The van der Waals surface area contributed by atoms with E-state index < -0.39 is 0 Å². The van der Waals surface area contributed by atoms with E-state index in [1.54, 1.807) is 17.0 Å². The van der Waals surface area contributed by atoms with E-state index in [1.807, 2.05) is 0 Å². The molecular formula is C13H20N4O2. The second-order valence-corrected chi connectivity index (χ2v) is 4.70. The van der Waals surface area contributed by atoms with Gasteiger partial charge < -0.3 is 20.5 Å². The van der Waals surface area contributed by atoms with Crippen LogP contribution in [0.25, 0.3) is 0 Å². The predicted molar refractivity (Wildman–Crippen MR) is 73.1 cm³/mol. The summed E-state index contributed by atoms with van der Waals surface area (Å²) in [6, 6.07) is 4.65. The van der Waals surface area contributed by atoms with Gasteiger partial charge in [0, 0.05) is 38.8 Å². The Morgan fingerprint density at radius 3 is 2.84 bits per heavy atom. The van der Waals surface area contributed by atoms with Crippen LogP contribution in [-0.2, 0) is 0 Å². The van der Waals surface area contributed by atoms with Gasteiger partial charge in [-0.3, -0.25) is 9.59 Å². The molecule has 3 N–H and O–H groups in total. The van der Waals surface area contributed by atoms with Crippen LogP contribution in [-0.4, -0.2) is 60.0 Å². The highest BCUT2D eigenvalue weighted by Gasteiger charge is 2.20. The molecule has 1 aliphatic heterocycles. The van der Waals surface area contributed by atoms with Crippen molar-refractivity contribution in [3.63, 3.8) is 0 Å². The number of H-pyrrole nitrogens is 1. The van der Waals surface area contributed by atoms with Crippen molar-refractivity contribution in [2.24, 2.45) is 5.73 Å². The number of aromatic nitrogens is 1. The first-order chi connectivity index (χ1) is 9.20. The van der Waals surface area contributed by atoms with Gasteiger partial charge in [-0.25, -0.2) is 0 Å². The van der Waals surface area contributed by atoms with Gasteiger partial charge in [0.05, 0.1) is 0 Å². The van der Waals surface area contributed by atoms with Crippen molar-refractivity contribution < 1.29 is 4.79 Å². The third-order valence-electron chi connectivity index (χ3n) is 3.32. The number of nitrogens with two attached hydrogens (primary N) is 1. The van der Waals surface area contributed by atoms with Crippen molar-refractivity contribution in [2.75, 3.05) is 39.3 Å². The first kappa shape index (κ1) is 13.8. The van der Waals surface area contributed by atoms with Crippen LogP contribution in [0.5, 0.6) is 0 Å². The molecule has 6 heteroatoms. The third kappa shape index (κ3) is 3.65. The van der Waals surface area contributed by atoms with E-state index >= 15 is 0 Å². The van der Waals surface area contributed by atoms with Gasteiger partial charge in [0.25, 0.3) is 5.91 Å². The Kier molecular flexibility index (Phi) is 4.70. The average Bonchev–Trinajstić information content (AvgIpc) is 2.64. The van der Waals surface area contributed by atoms with E-state index in [-0.39, 0.29) is 11.5 Å². The highest BCUT2D eigenvalue weighted by atomic mass is 16.2. The third-order valence-corrected chi connectivity index (χ3v) is 3.32. The SMILES string of the molecule is NCCN1CCCN(C(=O)c2cccc(=O)[nH]2)CC1. The Morgan fingerprint density at radius 1 is 1.26 bits per heavy atom. The van der Waals surface area contributed by atoms with Crippen molar-refractivity contribution in [1.82, 2.24) is 14.8 Å². The quantitative estimate of drug-likeness (QED) is 0.769. The number of carbonyl (C=O) groups is 1. The van der Waals surface area contributed by atoms with Gasteiger partial charge in [0.2, 0.25) is 5.56 Å². The minimum Gasteiger partial charge on any atom is -0.336 e. The number of rotatable bonds is 3. The zero-order valence-corrected chi connectivity index (χ0v) is 11.0. The first-order valence-corrected chi connectivity index (χ1v) is 6.62. The summed E-state index contributed by atoms with van der Waals surface area (Å²) in [6.07, 6.45) is 0.933. The fraction of sp³-hybridized carbons (Fsp3) is 0.538. The summed E-state index contributed by atoms with van der Waals surface area (Å²) in [6.45, 7) is 4.70. The molecule has 1 fully saturated rings. The molecule has 2 heterocycles. The molecule has 0 aromatic carbocycles. The standard InChI is InChI=1S/C13H20N4O2/c14-5-8-16-6-2-7-17(10-9-16)13(19)11-3-1-4-12(18)15-11/h1,3-4H,2,5-10,14H2,(H,15,18). The Hall–Kier alpha value is -1.66. The molecule has 1 aromatic heterocycles. The van der Waals surface area contributed by atoms with Gasteiger partial charge >= 0.3 is 0 Å². The smallest absolute Gasteiger partial charge is 0.270 e. The molecule has 104 valence electrons. The van der Waals surface area contributed by atoms with Crippen molar-refractivity contribution in [2.45, 2.75) is 6.42 Å². The molecule has 0 atom stereocenters. The molecule has 1 aliphatic rings. The van der Waals surface area contributed by atoms with E-state index in [0.717, 1.165) is 32.6 Å². The maximum Gasteiger partial charge on any atom is 0.270 e. The lowest BCUT2D eigenvalue weighted by atomic mass is 10.3. The molecule has 2 rings (SSSR count). The van der Waals surface area contributed by atoms with E-state index in [4.69, 9.17) is 5.73 Å². The maximum atomic E-state index is 12.3. The van der Waals surface area contributed by atoms with Gasteiger partial charge in [-0.2, -0.15) is 0 Å². The topological polar surface area (TPSA) is 82.4 Å². The second kappa shape index (κ2) is 6.49. The average molecular weight is 264 g/mol. The molecule has 0 unspecified atom stereocenters. The predicted octanol–water partition coefficient (Wildman–Crippen LogP) is -0.518. The van der Waals surface area contributed by atoms with E-state index in [0.29, 0.717) is 18.8 Å². The van der Waals surface area contributed by atoms with Crippen LogP contribution in [0.4, 0.5) is 0 Å². The number of carbonyl (C=O) groups excluding carboxylic acids is 1. The number of nitrogens with one attached hydrogen (secondary N) is 1. The van der Waals surface area contributed by atoms with E-state index in [1.165, 1.54) is 6.07 Å². The number of aromatic amines is 1. The Labute approximate surface area is 112 Å². The molecule has 0 radical (unpaired) electrons. The number of pyridine rings is 1. The Balaban J connectivity index is 2.02. The zero-order chi connectivity index (χ0) is 13.7. The number of amides is 1. The van der Waals surface area contributed by atoms with Crippen LogP contribution in [0.15, 0.2) is 23.0 Å². The van der Waals surface area contributed by atoms with Crippen molar-refractivity contribution >= 4 is 5.91 Å². The monoisotopic (exact) mass is 264 g/mol. The lowest BCUT2D eigenvalue weighted by Crippen LogP contribution is -2.37. The van der Waals surface area contributed by atoms with Crippen LogP contribution < -0.4 is 11.3 Å². The lowest BCUT2D eigenvalue weighted by molar-refractivity contribution is 0.0755. The summed E-state index contributed by atoms with van der Waals surface area (Å²) in [5, 5.41) is 0. The number of hydrogen-bond acceptors (Lipinski definition) is 4. The fourth-order valence-corrected chi connectivity index (χ4v) is 2.32. The second-order valence-electron chi connectivity index (χ2n) is 4.70. The van der Waals surface area contributed by atoms with Gasteiger partial charge in [-0.05, 0) is 19.0 Å². The van der Waals surface area contributed by atoms with Crippen LogP contribution >= 0.6 is 0 Å². The molecule has 0 saturated carbocycles. The van der Waals surface area contributed by atoms with Gasteiger partial charge in [0.15, 0.2) is 0 Å². The molecule has 0 bridgehead atoms. The summed E-state index contributed by atoms with van der Waals surface area (Å²) in [5.74, 6) is -0.104. The highest BCUT2D eigenvalue weighted by molar-refractivity contribution is 5.92. The summed E-state index contributed by atoms with van der Waals surface area (Å²) in [7, 11) is 0. The van der Waals surface area contributed by atoms with Crippen LogP contribution in [0.2, 0.25) is 0 Å². The molecule has 0 spiro atoms. The van der Waals surface area contributed by atoms with E-state index in [2.05, 4.69) is 9.88 Å². The molecule has 1 aromatic rings. The van der Waals surface area contributed by atoms with Gasteiger partial charge in [-0.15, -0.1) is 0 Å². The number of nitrogens with zero attached hydrogens (tertiary/aromatic N) is 2. The zero-order valence-electron chi connectivity index (χ0n) is 11.0. The summed E-state index contributed by atoms with van der Waals surface area (Å²) < 4.78 is 0. The molecule has 1 saturated heterocycles. The molecule has 0 aliphatic carbocycles. The largest absolute Gasteiger partial charge is 0.336 e. The fourth-order valence-electron chi connectivity index (χ4n) is 2.32. The van der Waals surface area contributed by atoms with Gasteiger partial charge in [-0.1, -0.05) is 6.07 Å². The maximum absolute atomic E-state index is 12.3. The van der Waals surface area contributed by atoms with Crippen LogP contribution in [0.3, 0.4) is 0 Å². The summed E-state index contributed by atoms with van der Waals surface area (Å²) in [5.41, 5.74) is 5.67. The summed E-state index contributed by atoms with van der Waals surface area (Å²) in [4.78, 5) is 30.2. The number of hydrogen-bond donors (Lipinski definition) is 2. The lowest BCUT2D eigenvalue weighted by Gasteiger charge is -2.21. The van der Waals surface area contributed by atoms with Crippen LogP contribution in [0.1, 0.15) is 16.9 Å². The van der Waals surface area contributed by atoms with Crippen molar-refractivity contribution in [1.29, 1.82) is 0 Å². The first-order valence-electron chi connectivity index (χ1n) is 6.62. The normalized spacial score (nSPS) is 17.2. The molecular weight excluding hydrogens is 244 g/mol. The Bertz CT molecular complexity index is 486. The Morgan fingerprint density at radius 2 is 2.11 bits per heavy atom. The van der Waals surface area contributed by atoms with Crippen LogP contribution in [0, 0.1) is 0 Å². The molecule has 19 heavy (non-hydrogen) atoms. The van der Waals surface area contributed by atoms with Crippen molar-refractivity contribution in [3.8, 4) is 0 Å². The van der Waals surface area contributed by atoms with E-state index in [9.17, 15) is 9.59 Å². The highest BCUT2D eigenvalue weighted by Crippen LogP contribution is 2.06. The minimum absolute atomic E-state index is 0.104. The van der Waals surface area contributed by atoms with Crippen molar-refractivity contribution in [3.05, 3.63) is 34.2 Å².